The van der Waals surface area contributed by atoms with Crippen molar-refractivity contribution in [2.24, 2.45) is 0 Å². The number of nitrogens with zero attached hydrogens (tertiary/aromatic N) is 3. The van der Waals surface area contributed by atoms with E-state index in [1.165, 1.54) is 30.5 Å². The second-order valence-corrected chi connectivity index (χ2v) is 3.54. The summed E-state index contributed by atoms with van der Waals surface area (Å²) in [6.07, 6.45) is 1.46. The lowest BCUT2D eigenvalue weighted by Crippen LogP contribution is -1.98. The second-order valence-electron chi connectivity index (χ2n) is 3.13. The van der Waals surface area contributed by atoms with Crippen molar-refractivity contribution >= 4 is 23.2 Å². The molecule has 6 heteroatoms. The topological polar surface area (TPSA) is 61.6 Å². The minimum Gasteiger partial charge on any atom is -0.324 e. The van der Waals surface area contributed by atoms with Gasteiger partial charge in [0, 0.05) is 11.9 Å². The van der Waals surface area contributed by atoms with Gasteiger partial charge >= 0.3 is 0 Å². The van der Waals surface area contributed by atoms with Gasteiger partial charge in [-0.1, -0.05) is 11.6 Å². The molecule has 0 amide bonds. The fourth-order valence-electron chi connectivity index (χ4n) is 1.18. The van der Waals surface area contributed by atoms with Crippen LogP contribution in [0.1, 0.15) is 5.69 Å². The zero-order valence-electron chi connectivity index (χ0n) is 8.48. The fraction of sp³-hybridized carbons (Fsp3) is 0. The van der Waals surface area contributed by atoms with E-state index in [0.717, 1.165) is 0 Å². The predicted molar refractivity (Wildman–Crippen MR) is 61.4 cm³/mol. The molecular formula is C11H6ClFN4. The van der Waals surface area contributed by atoms with E-state index < -0.39 is 5.82 Å². The minimum atomic E-state index is -0.496. The molecule has 0 radical (unpaired) electrons. The van der Waals surface area contributed by atoms with Crippen molar-refractivity contribution < 1.29 is 4.39 Å². The number of nitrogens with one attached hydrogen (secondary N) is 1. The van der Waals surface area contributed by atoms with Crippen molar-refractivity contribution in [2.75, 3.05) is 5.32 Å². The monoisotopic (exact) mass is 248 g/mol. The van der Waals surface area contributed by atoms with Gasteiger partial charge in [0.25, 0.3) is 0 Å². The van der Waals surface area contributed by atoms with Crippen LogP contribution in [0.5, 0.6) is 0 Å². The first kappa shape index (κ1) is 11.3. The molecule has 1 aromatic heterocycles. The summed E-state index contributed by atoms with van der Waals surface area (Å²) >= 11 is 5.63. The van der Waals surface area contributed by atoms with Gasteiger partial charge in [0.2, 0.25) is 5.95 Å². The predicted octanol–water partition coefficient (Wildman–Crippen LogP) is 2.88. The van der Waals surface area contributed by atoms with Crippen LogP contribution in [0.15, 0.2) is 30.5 Å². The molecule has 0 saturated heterocycles. The Labute approximate surface area is 102 Å². The van der Waals surface area contributed by atoms with Gasteiger partial charge in [-0.15, -0.1) is 0 Å². The van der Waals surface area contributed by atoms with Gasteiger partial charge in [0.1, 0.15) is 17.6 Å². The summed E-state index contributed by atoms with van der Waals surface area (Å²) < 4.78 is 12.9. The Morgan fingerprint density at radius 3 is 2.88 bits per heavy atom. The Hall–Kier alpha value is -2.19. The smallest absolute Gasteiger partial charge is 0.228 e. The summed E-state index contributed by atoms with van der Waals surface area (Å²) in [6.45, 7) is 0. The van der Waals surface area contributed by atoms with Crippen LogP contribution in [0, 0.1) is 17.1 Å². The summed E-state index contributed by atoms with van der Waals surface area (Å²) in [6, 6.07) is 7.54. The lowest BCUT2D eigenvalue weighted by atomic mass is 10.3. The first-order valence-electron chi connectivity index (χ1n) is 4.64. The fourth-order valence-corrected chi connectivity index (χ4v) is 1.36. The molecule has 2 aromatic rings. The summed E-state index contributed by atoms with van der Waals surface area (Å²) in [5.41, 5.74) is 0.794. The molecule has 84 valence electrons. The Bertz CT molecular complexity index is 594. The molecule has 1 heterocycles. The molecule has 0 aliphatic carbocycles. The van der Waals surface area contributed by atoms with E-state index >= 15 is 0 Å². The number of hydrogen-bond acceptors (Lipinski definition) is 4. The zero-order chi connectivity index (χ0) is 12.3. The van der Waals surface area contributed by atoms with E-state index in [0.29, 0.717) is 5.69 Å². The lowest BCUT2D eigenvalue weighted by molar-refractivity contribution is 0.628. The molecule has 1 N–H and O–H groups in total. The van der Waals surface area contributed by atoms with E-state index in [1.54, 1.807) is 0 Å². The molecule has 0 fully saturated rings. The summed E-state index contributed by atoms with van der Waals surface area (Å²) in [5.74, 6) is -0.240. The first-order valence-corrected chi connectivity index (χ1v) is 5.02. The quantitative estimate of drug-likeness (QED) is 0.888. The molecule has 0 spiro atoms. The third-order valence-electron chi connectivity index (χ3n) is 1.95. The van der Waals surface area contributed by atoms with E-state index in [1.807, 2.05) is 6.07 Å². The first-order chi connectivity index (χ1) is 8.19. The Morgan fingerprint density at radius 1 is 1.35 bits per heavy atom. The third kappa shape index (κ3) is 2.68. The van der Waals surface area contributed by atoms with Crippen LogP contribution < -0.4 is 5.32 Å². The SMILES string of the molecule is N#Cc1ccnc(Nc2ccc(F)c(Cl)c2)n1. The van der Waals surface area contributed by atoms with Crippen LogP contribution in [-0.4, -0.2) is 9.97 Å². The van der Waals surface area contributed by atoms with E-state index in [4.69, 9.17) is 16.9 Å². The van der Waals surface area contributed by atoms with Crippen molar-refractivity contribution in [1.82, 2.24) is 9.97 Å². The highest BCUT2D eigenvalue weighted by Gasteiger charge is 2.03. The molecule has 0 aliphatic rings. The number of aromatic nitrogens is 2. The summed E-state index contributed by atoms with van der Waals surface area (Å²) in [5, 5.41) is 11.5. The van der Waals surface area contributed by atoms with Crippen LogP contribution in [0.25, 0.3) is 0 Å². The van der Waals surface area contributed by atoms with Crippen molar-refractivity contribution in [3.63, 3.8) is 0 Å². The van der Waals surface area contributed by atoms with Crippen LogP contribution in [0.2, 0.25) is 5.02 Å². The highest BCUT2D eigenvalue weighted by atomic mass is 35.5. The lowest BCUT2D eigenvalue weighted by Gasteiger charge is -2.05. The standard InChI is InChI=1S/C11H6ClFN4/c12-9-5-7(1-2-10(9)13)16-11-15-4-3-8(6-14)17-11/h1-5H,(H,15,16,17). The average Bonchev–Trinajstić information content (AvgIpc) is 2.34. The normalized spacial score (nSPS) is 9.71. The maximum atomic E-state index is 12.9. The molecule has 0 aliphatic heterocycles. The molecule has 4 nitrogen and oxygen atoms in total. The third-order valence-corrected chi connectivity index (χ3v) is 2.24. The number of anilines is 2. The number of hydrogen-bond donors (Lipinski definition) is 1. The van der Waals surface area contributed by atoms with Gasteiger partial charge in [0.15, 0.2) is 0 Å². The van der Waals surface area contributed by atoms with Crippen LogP contribution >= 0.6 is 11.6 Å². The van der Waals surface area contributed by atoms with E-state index in [-0.39, 0.29) is 16.7 Å². The molecule has 17 heavy (non-hydrogen) atoms. The number of benzene rings is 1. The van der Waals surface area contributed by atoms with Crippen LogP contribution in [-0.2, 0) is 0 Å². The Kier molecular flexibility index (Phi) is 3.17. The Balaban J connectivity index is 2.25. The van der Waals surface area contributed by atoms with Gasteiger partial charge in [-0.2, -0.15) is 5.26 Å². The molecule has 0 unspecified atom stereocenters. The molecule has 1 aromatic carbocycles. The zero-order valence-corrected chi connectivity index (χ0v) is 9.24. The highest BCUT2D eigenvalue weighted by molar-refractivity contribution is 6.31. The van der Waals surface area contributed by atoms with Crippen molar-refractivity contribution in [3.8, 4) is 6.07 Å². The van der Waals surface area contributed by atoms with Crippen LogP contribution in [0.4, 0.5) is 16.0 Å². The average molecular weight is 249 g/mol. The minimum absolute atomic E-state index is 0.00596. The molecule has 0 atom stereocenters. The maximum Gasteiger partial charge on any atom is 0.228 e. The van der Waals surface area contributed by atoms with E-state index in [9.17, 15) is 4.39 Å². The van der Waals surface area contributed by atoms with Gasteiger partial charge < -0.3 is 5.32 Å². The summed E-state index contributed by atoms with van der Waals surface area (Å²) in [7, 11) is 0. The number of nitriles is 1. The van der Waals surface area contributed by atoms with Crippen molar-refractivity contribution in [3.05, 3.63) is 47.0 Å². The maximum absolute atomic E-state index is 12.9. The van der Waals surface area contributed by atoms with Gasteiger partial charge in [-0.05, 0) is 24.3 Å². The molecule has 0 bridgehead atoms. The van der Waals surface area contributed by atoms with Crippen LogP contribution in [0.3, 0.4) is 0 Å². The molecule has 2 rings (SSSR count). The van der Waals surface area contributed by atoms with E-state index in [2.05, 4.69) is 15.3 Å². The van der Waals surface area contributed by atoms with Gasteiger partial charge in [-0.25, -0.2) is 14.4 Å². The van der Waals surface area contributed by atoms with Crippen molar-refractivity contribution in [1.29, 1.82) is 5.26 Å². The summed E-state index contributed by atoms with van der Waals surface area (Å²) in [4.78, 5) is 7.84. The number of halogens is 2. The van der Waals surface area contributed by atoms with Gasteiger partial charge in [-0.3, -0.25) is 0 Å². The highest BCUT2D eigenvalue weighted by Crippen LogP contribution is 2.21. The van der Waals surface area contributed by atoms with Crippen molar-refractivity contribution in [2.45, 2.75) is 0 Å². The second kappa shape index (κ2) is 4.76. The van der Waals surface area contributed by atoms with Gasteiger partial charge in [0.05, 0.1) is 5.02 Å². The molecular weight excluding hydrogens is 243 g/mol. The Morgan fingerprint density at radius 2 is 2.18 bits per heavy atom. The number of rotatable bonds is 2. The molecule has 0 saturated carbocycles. The largest absolute Gasteiger partial charge is 0.324 e.